The predicted octanol–water partition coefficient (Wildman–Crippen LogP) is 4.92. The van der Waals surface area contributed by atoms with Crippen LogP contribution in [0.15, 0.2) is 53.4 Å². The zero-order valence-corrected chi connectivity index (χ0v) is 31.2. The van der Waals surface area contributed by atoms with Crippen molar-refractivity contribution >= 4 is 35.0 Å². The number of sulfonamides is 1. The SMILES string of the molecule is CCCCc1ccc(C(=O)N[C@@H](CNC(=O)NS(=O)(=O)c2ccc(C)cc2)C(=O)N[C@@H](CC(C)C)B2OC3C[C@@H]4C[C@@H](C4(C)C)[C@]3(C)O2)cc1. The Bertz CT molecular complexity index is 1650. The quantitative estimate of drug-likeness (QED) is 0.203. The summed E-state index contributed by atoms with van der Waals surface area (Å²) < 4.78 is 40.9. The minimum atomic E-state index is -4.17. The molecule has 0 spiro atoms. The van der Waals surface area contributed by atoms with E-state index in [1.807, 2.05) is 37.6 Å². The Morgan fingerprint density at radius 2 is 1.66 bits per heavy atom. The van der Waals surface area contributed by atoms with E-state index in [1.54, 1.807) is 24.3 Å². The molecule has 6 atom stereocenters. The van der Waals surface area contributed by atoms with Gasteiger partial charge in [-0.1, -0.05) is 70.9 Å². The van der Waals surface area contributed by atoms with Crippen LogP contribution in [0.25, 0.3) is 0 Å². The maximum Gasteiger partial charge on any atom is 0.481 e. The highest BCUT2D eigenvalue weighted by atomic mass is 32.2. The van der Waals surface area contributed by atoms with Gasteiger partial charge in [-0.2, -0.15) is 0 Å². The molecule has 2 aromatic carbocycles. The molecule has 272 valence electrons. The third kappa shape index (κ3) is 8.21. The average Bonchev–Trinajstić information content (AvgIpc) is 3.42. The molecule has 3 saturated carbocycles. The fourth-order valence-electron chi connectivity index (χ4n) is 7.88. The van der Waals surface area contributed by atoms with Gasteiger partial charge in [0, 0.05) is 12.1 Å². The van der Waals surface area contributed by atoms with Crippen molar-refractivity contribution in [1.82, 2.24) is 20.7 Å². The van der Waals surface area contributed by atoms with Gasteiger partial charge >= 0.3 is 13.1 Å². The first kappa shape index (κ1) is 37.8. The molecule has 1 saturated heterocycles. The number of aryl methyl sites for hydroxylation is 2. The number of hydrogen-bond acceptors (Lipinski definition) is 7. The number of carbonyl (C=O) groups is 3. The van der Waals surface area contributed by atoms with Crippen molar-refractivity contribution in [3.05, 3.63) is 65.2 Å². The van der Waals surface area contributed by atoms with Crippen LogP contribution in [0.1, 0.15) is 95.1 Å². The third-order valence-corrected chi connectivity index (χ3v) is 12.4. The van der Waals surface area contributed by atoms with Crippen molar-refractivity contribution in [3.63, 3.8) is 0 Å². The maximum absolute atomic E-state index is 14.0. The summed E-state index contributed by atoms with van der Waals surface area (Å²) in [5.41, 5.74) is 2.01. The van der Waals surface area contributed by atoms with Gasteiger partial charge in [0.2, 0.25) is 5.91 Å². The molecule has 0 aromatic heterocycles. The van der Waals surface area contributed by atoms with Crippen molar-refractivity contribution in [2.45, 2.75) is 116 Å². The number of benzene rings is 2. The van der Waals surface area contributed by atoms with E-state index < -0.39 is 52.6 Å². The van der Waals surface area contributed by atoms with Crippen LogP contribution >= 0.6 is 0 Å². The molecule has 1 heterocycles. The van der Waals surface area contributed by atoms with Gasteiger partial charge in [-0.25, -0.2) is 17.9 Å². The summed E-state index contributed by atoms with van der Waals surface area (Å²) in [6.45, 7) is 14.4. The highest BCUT2D eigenvalue weighted by Gasteiger charge is 2.68. The van der Waals surface area contributed by atoms with Crippen molar-refractivity contribution in [2.75, 3.05) is 6.54 Å². The zero-order valence-electron chi connectivity index (χ0n) is 30.4. The molecule has 2 aromatic rings. The van der Waals surface area contributed by atoms with Crippen molar-refractivity contribution in [3.8, 4) is 0 Å². The van der Waals surface area contributed by atoms with Crippen LogP contribution in [-0.2, 0) is 30.5 Å². The van der Waals surface area contributed by atoms with E-state index in [9.17, 15) is 22.8 Å². The van der Waals surface area contributed by atoms with Crippen LogP contribution in [0.3, 0.4) is 0 Å². The van der Waals surface area contributed by atoms with Gasteiger partial charge in [0.1, 0.15) is 6.04 Å². The molecule has 4 fully saturated rings. The molecule has 4 aliphatic rings. The highest BCUT2D eigenvalue weighted by Crippen LogP contribution is 2.65. The number of carbonyl (C=O) groups excluding carboxylic acids is 3. The zero-order chi connectivity index (χ0) is 36.4. The second kappa shape index (κ2) is 15.1. The predicted molar refractivity (Wildman–Crippen MR) is 193 cm³/mol. The number of urea groups is 1. The normalized spacial score (nSPS) is 24.8. The molecule has 0 radical (unpaired) electrons. The van der Waals surface area contributed by atoms with Crippen molar-refractivity contribution in [1.29, 1.82) is 0 Å². The van der Waals surface area contributed by atoms with Crippen LogP contribution in [0, 0.1) is 30.1 Å². The lowest BCUT2D eigenvalue weighted by molar-refractivity contribution is -0.199. The molecule has 4 amide bonds. The molecule has 1 unspecified atom stereocenters. The van der Waals surface area contributed by atoms with Gasteiger partial charge in [0.25, 0.3) is 15.9 Å². The Morgan fingerprint density at radius 1 is 0.980 bits per heavy atom. The summed E-state index contributed by atoms with van der Waals surface area (Å²) in [6, 6.07) is 11.0. The second-order valence-electron chi connectivity index (χ2n) is 15.5. The average molecular weight is 709 g/mol. The number of amides is 4. The van der Waals surface area contributed by atoms with E-state index >= 15 is 0 Å². The first-order valence-corrected chi connectivity index (χ1v) is 19.4. The van der Waals surface area contributed by atoms with Gasteiger partial charge in [-0.05, 0) is 98.9 Å². The summed E-state index contributed by atoms with van der Waals surface area (Å²) >= 11 is 0. The van der Waals surface area contributed by atoms with E-state index in [1.165, 1.54) is 12.1 Å². The minimum absolute atomic E-state index is 0.0764. The first-order valence-electron chi connectivity index (χ1n) is 17.9. The fourth-order valence-corrected chi connectivity index (χ4v) is 8.81. The van der Waals surface area contributed by atoms with Gasteiger partial charge in [-0.15, -0.1) is 0 Å². The lowest BCUT2D eigenvalue weighted by Crippen LogP contribution is -2.65. The molecule has 4 N–H and O–H groups in total. The Kier molecular flexibility index (Phi) is 11.4. The summed E-state index contributed by atoms with van der Waals surface area (Å²) in [5.74, 6) is -0.489. The first-order chi connectivity index (χ1) is 23.5. The van der Waals surface area contributed by atoms with E-state index in [4.69, 9.17) is 9.31 Å². The number of hydrogen-bond donors (Lipinski definition) is 4. The summed E-state index contributed by atoms with van der Waals surface area (Å²) in [5, 5.41) is 8.30. The second-order valence-corrected chi connectivity index (χ2v) is 17.2. The number of nitrogens with one attached hydrogen (secondary N) is 4. The fraction of sp³-hybridized carbons (Fsp3) is 0.595. The van der Waals surface area contributed by atoms with Crippen LogP contribution < -0.4 is 20.7 Å². The van der Waals surface area contributed by atoms with Gasteiger partial charge in [-0.3, -0.25) is 9.59 Å². The molecular weight excluding hydrogens is 655 g/mol. The van der Waals surface area contributed by atoms with Crippen LogP contribution in [0.5, 0.6) is 0 Å². The van der Waals surface area contributed by atoms with E-state index in [0.717, 1.165) is 43.2 Å². The highest BCUT2D eigenvalue weighted by molar-refractivity contribution is 7.90. The van der Waals surface area contributed by atoms with Crippen LogP contribution in [0.2, 0.25) is 0 Å². The van der Waals surface area contributed by atoms with E-state index in [2.05, 4.69) is 43.6 Å². The third-order valence-electron chi connectivity index (χ3n) is 11.0. The van der Waals surface area contributed by atoms with Crippen molar-refractivity contribution < 1.29 is 32.1 Å². The Balaban J connectivity index is 1.31. The molecule has 1 aliphatic heterocycles. The molecule has 11 nitrogen and oxygen atoms in total. The Hall–Kier alpha value is -3.42. The molecule has 3 aliphatic carbocycles. The van der Waals surface area contributed by atoms with Gasteiger partial charge in [0.05, 0.1) is 22.5 Å². The topological polar surface area (TPSA) is 152 Å². The lowest BCUT2D eigenvalue weighted by Gasteiger charge is -2.64. The van der Waals surface area contributed by atoms with E-state index in [-0.39, 0.29) is 28.9 Å². The number of unbranched alkanes of at least 4 members (excludes halogenated alkanes) is 1. The molecule has 13 heteroatoms. The smallest absolute Gasteiger partial charge is 0.404 e. The standard InChI is InChI=1S/C37H53BN4O7S/c1-8-9-10-25-13-15-26(16-14-25)33(43)40-29(22-39-35(45)42-50(46,47)28-17-11-24(4)12-18-28)34(44)41-32(19-23(2)3)38-48-31-21-27-20-30(36(27,5)6)37(31,7)49-38/h11-18,23,27,29-32H,8-10,19-22H2,1-7H3,(H,40,43)(H,41,44)(H2,39,42,45)/t27-,29-,30-,31?,32-,37-/m0/s1. The van der Waals surface area contributed by atoms with Gasteiger partial charge in [0.15, 0.2) is 0 Å². The molecule has 6 rings (SSSR count). The lowest BCUT2D eigenvalue weighted by atomic mass is 9.43. The van der Waals surface area contributed by atoms with E-state index in [0.29, 0.717) is 23.8 Å². The summed E-state index contributed by atoms with van der Waals surface area (Å²) in [4.78, 5) is 40.3. The van der Waals surface area contributed by atoms with Gasteiger partial charge < -0.3 is 25.3 Å². The largest absolute Gasteiger partial charge is 0.481 e. The Morgan fingerprint density at radius 3 is 2.28 bits per heavy atom. The molecule has 50 heavy (non-hydrogen) atoms. The van der Waals surface area contributed by atoms with Crippen LogP contribution in [-0.4, -0.2) is 63.6 Å². The summed E-state index contributed by atoms with van der Waals surface area (Å²) in [6.07, 6.45) is 5.46. The van der Waals surface area contributed by atoms with Crippen LogP contribution in [0.4, 0.5) is 4.79 Å². The monoisotopic (exact) mass is 708 g/mol. The molecule has 2 bridgehead atoms. The Labute approximate surface area is 297 Å². The van der Waals surface area contributed by atoms with Crippen molar-refractivity contribution in [2.24, 2.45) is 23.2 Å². The minimum Gasteiger partial charge on any atom is -0.404 e. The summed E-state index contributed by atoms with van der Waals surface area (Å²) in [7, 11) is -4.86. The molecular formula is C37H53BN4O7S. The maximum atomic E-state index is 14.0. The number of rotatable bonds is 14.